The first-order chi connectivity index (χ1) is 13.0. The van der Waals surface area contributed by atoms with E-state index in [4.69, 9.17) is 0 Å². The summed E-state index contributed by atoms with van der Waals surface area (Å²) in [5.74, 6) is 0.302. The van der Waals surface area contributed by atoms with Gasteiger partial charge >= 0.3 is 0 Å². The summed E-state index contributed by atoms with van der Waals surface area (Å²) in [5.41, 5.74) is 2.07. The number of benzene rings is 1. The average Bonchev–Trinajstić information content (AvgIpc) is 2.64. The molecule has 0 aliphatic carbocycles. The van der Waals surface area contributed by atoms with E-state index in [9.17, 15) is 9.59 Å². The Labute approximate surface area is 162 Å². The van der Waals surface area contributed by atoms with Crippen molar-refractivity contribution in [2.75, 3.05) is 11.1 Å². The van der Waals surface area contributed by atoms with Gasteiger partial charge in [0.25, 0.3) is 5.56 Å². The summed E-state index contributed by atoms with van der Waals surface area (Å²) in [6, 6.07) is 11.1. The molecule has 6 nitrogen and oxygen atoms in total. The number of rotatable bonds is 6. The number of carbonyl (C=O) groups is 1. The van der Waals surface area contributed by atoms with Gasteiger partial charge in [-0.3, -0.25) is 14.2 Å². The maximum Gasteiger partial charge on any atom is 0.263 e. The number of para-hydroxylation sites is 1. The highest BCUT2D eigenvalue weighted by molar-refractivity contribution is 7.99. The van der Waals surface area contributed by atoms with Gasteiger partial charge in [-0.2, -0.15) is 0 Å². The van der Waals surface area contributed by atoms with E-state index >= 15 is 0 Å². The standard InChI is InChI=1S/C20H22N4O2S/c1-13(2)11-24-19(26)15-8-6-10-21-18(15)23-20(24)27-12-17(25)22-16-9-5-4-7-14(16)3/h4-10,13H,11-12H2,1-3H3,(H,22,25). The summed E-state index contributed by atoms with van der Waals surface area (Å²) in [6.45, 7) is 6.57. The molecule has 1 amide bonds. The van der Waals surface area contributed by atoms with Crippen LogP contribution < -0.4 is 10.9 Å². The number of aromatic nitrogens is 3. The monoisotopic (exact) mass is 382 g/mol. The predicted molar refractivity (Wildman–Crippen MR) is 109 cm³/mol. The van der Waals surface area contributed by atoms with Crippen molar-refractivity contribution in [1.82, 2.24) is 14.5 Å². The van der Waals surface area contributed by atoms with E-state index in [1.54, 1.807) is 22.9 Å². The lowest BCUT2D eigenvalue weighted by Crippen LogP contribution is -2.26. The van der Waals surface area contributed by atoms with Crippen LogP contribution in [0.4, 0.5) is 5.69 Å². The summed E-state index contributed by atoms with van der Waals surface area (Å²) >= 11 is 1.25. The Hall–Kier alpha value is -2.67. The first-order valence-corrected chi connectivity index (χ1v) is 9.78. The maximum absolute atomic E-state index is 12.8. The lowest BCUT2D eigenvalue weighted by molar-refractivity contribution is -0.113. The molecular formula is C20H22N4O2S. The van der Waals surface area contributed by atoms with Crippen molar-refractivity contribution in [1.29, 1.82) is 0 Å². The van der Waals surface area contributed by atoms with Gasteiger partial charge in [0, 0.05) is 18.4 Å². The van der Waals surface area contributed by atoms with Crippen molar-refractivity contribution >= 4 is 34.4 Å². The fourth-order valence-electron chi connectivity index (χ4n) is 2.70. The Morgan fingerprint density at radius 3 is 2.74 bits per heavy atom. The van der Waals surface area contributed by atoms with E-state index in [2.05, 4.69) is 15.3 Å². The molecule has 0 aliphatic rings. The average molecular weight is 382 g/mol. The van der Waals surface area contributed by atoms with Crippen LogP contribution in [0.15, 0.2) is 52.5 Å². The van der Waals surface area contributed by atoms with Crippen LogP contribution in [0.25, 0.3) is 11.0 Å². The number of thioether (sulfide) groups is 1. The molecule has 0 bridgehead atoms. The highest BCUT2D eigenvalue weighted by atomic mass is 32.2. The van der Waals surface area contributed by atoms with Gasteiger partial charge in [-0.25, -0.2) is 9.97 Å². The van der Waals surface area contributed by atoms with Gasteiger partial charge in [-0.15, -0.1) is 0 Å². The van der Waals surface area contributed by atoms with Gasteiger partial charge in [0.15, 0.2) is 10.8 Å². The molecule has 0 atom stereocenters. The molecule has 3 aromatic rings. The van der Waals surface area contributed by atoms with E-state index in [0.29, 0.717) is 22.7 Å². The second-order valence-corrected chi connectivity index (χ2v) is 7.67. The molecule has 0 fully saturated rings. The lowest BCUT2D eigenvalue weighted by Gasteiger charge is -2.14. The number of anilines is 1. The molecular weight excluding hydrogens is 360 g/mol. The Bertz CT molecular complexity index is 1030. The number of nitrogens with zero attached hydrogens (tertiary/aromatic N) is 3. The third kappa shape index (κ3) is 4.54. The summed E-state index contributed by atoms with van der Waals surface area (Å²) in [4.78, 5) is 33.9. The Kier molecular flexibility index (Phi) is 5.91. The van der Waals surface area contributed by atoms with Crippen molar-refractivity contribution in [2.24, 2.45) is 5.92 Å². The normalized spacial score (nSPS) is 11.1. The molecule has 7 heteroatoms. The maximum atomic E-state index is 12.8. The van der Waals surface area contributed by atoms with Gasteiger partial charge in [0.1, 0.15) is 0 Å². The molecule has 3 rings (SSSR count). The number of nitrogens with one attached hydrogen (secondary N) is 1. The minimum absolute atomic E-state index is 0.122. The Morgan fingerprint density at radius 1 is 1.22 bits per heavy atom. The number of carbonyl (C=O) groups excluding carboxylic acids is 1. The number of pyridine rings is 1. The lowest BCUT2D eigenvalue weighted by atomic mass is 10.2. The molecule has 0 unspecified atom stereocenters. The van der Waals surface area contributed by atoms with Crippen LogP contribution in [0.2, 0.25) is 0 Å². The van der Waals surface area contributed by atoms with Gasteiger partial charge in [0.2, 0.25) is 5.91 Å². The third-order valence-electron chi connectivity index (χ3n) is 3.99. The van der Waals surface area contributed by atoms with E-state index in [0.717, 1.165) is 11.3 Å². The van der Waals surface area contributed by atoms with E-state index in [1.807, 2.05) is 45.0 Å². The molecule has 0 radical (unpaired) electrons. The van der Waals surface area contributed by atoms with Crippen molar-refractivity contribution in [3.05, 3.63) is 58.5 Å². The predicted octanol–water partition coefficient (Wildman–Crippen LogP) is 3.49. The zero-order valence-electron chi connectivity index (χ0n) is 15.6. The van der Waals surface area contributed by atoms with Gasteiger partial charge < -0.3 is 5.32 Å². The summed E-state index contributed by atoms with van der Waals surface area (Å²) in [6.07, 6.45) is 1.61. The van der Waals surface area contributed by atoms with Crippen molar-refractivity contribution < 1.29 is 4.79 Å². The van der Waals surface area contributed by atoms with Crippen LogP contribution in [-0.2, 0) is 11.3 Å². The number of hydrogen-bond acceptors (Lipinski definition) is 5. The highest BCUT2D eigenvalue weighted by Gasteiger charge is 2.15. The van der Waals surface area contributed by atoms with Gasteiger partial charge in [-0.1, -0.05) is 43.8 Å². The summed E-state index contributed by atoms with van der Waals surface area (Å²) < 4.78 is 1.64. The van der Waals surface area contributed by atoms with E-state index in [1.165, 1.54) is 11.8 Å². The molecule has 27 heavy (non-hydrogen) atoms. The van der Waals surface area contributed by atoms with Crippen LogP contribution in [0.1, 0.15) is 19.4 Å². The zero-order chi connectivity index (χ0) is 19.4. The molecule has 2 heterocycles. The SMILES string of the molecule is Cc1ccccc1NC(=O)CSc1nc2ncccc2c(=O)n1CC(C)C. The van der Waals surface area contributed by atoms with Crippen LogP contribution in [0.5, 0.6) is 0 Å². The molecule has 2 aromatic heterocycles. The summed E-state index contributed by atoms with van der Waals surface area (Å²) in [7, 11) is 0. The van der Waals surface area contributed by atoms with Crippen LogP contribution in [0.3, 0.4) is 0 Å². The smallest absolute Gasteiger partial charge is 0.263 e. The fourth-order valence-corrected chi connectivity index (χ4v) is 3.50. The fraction of sp³-hybridized carbons (Fsp3) is 0.300. The van der Waals surface area contributed by atoms with E-state index in [-0.39, 0.29) is 23.1 Å². The van der Waals surface area contributed by atoms with Crippen LogP contribution >= 0.6 is 11.8 Å². The first kappa shape index (κ1) is 19.1. The topological polar surface area (TPSA) is 76.9 Å². The number of amides is 1. The molecule has 0 spiro atoms. The van der Waals surface area contributed by atoms with Gasteiger partial charge in [0.05, 0.1) is 11.1 Å². The largest absolute Gasteiger partial charge is 0.325 e. The molecule has 0 saturated carbocycles. The quantitative estimate of drug-likeness (QED) is 0.522. The second kappa shape index (κ2) is 8.35. The molecule has 1 aromatic carbocycles. The van der Waals surface area contributed by atoms with Crippen LogP contribution in [-0.4, -0.2) is 26.2 Å². The molecule has 0 aliphatic heterocycles. The van der Waals surface area contributed by atoms with Gasteiger partial charge in [-0.05, 0) is 36.6 Å². The first-order valence-electron chi connectivity index (χ1n) is 8.79. The number of fused-ring (bicyclic) bond motifs is 1. The van der Waals surface area contributed by atoms with Crippen LogP contribution in [0, 0.1) is 12.8 Å². The van der Waals surface area contributed by atoms with Crippen molar-refractivity contribution in [3.8, 4) is 0 Å². The highest BCUT2D eigenvalue weighted by Crippen LogP contribution is 2.19. The number of aryl methyl sites for hydroxylation is 1. The molecule has 140 valence electrons. The minimum atomic E-state index is -0.138. The second-order valence-electron chi connectivity index (χ2n) is 6.73. The Morgan fingerprint density at radius 2 is 2.00 bits per heavy atom. The zero-order valence-corrected chi connectivity index (χ0v) is 16.4. The third-order valence-corrected chi connectivity index (χ3v) is 4.97. The van der Waals surface area contributed by atoms with Crippen molar-refractivity contribution in [3.63, 3.8) is 0 Å². The van der Waals surface area contributed by atoms with E-state index < -0.39 is 0 Å². The molecule has 1 N–H and O–H groups in total. The minimum Gasteiger partial charge on any atom is -0.325 e. The summed E-state index contributed by atoms with van der Waals surface area (Å²) in [5, 5.41) is 3.91. The van der Waals surface area contributed by atoms with Crippen molar-refractivity contribution in [2.45, 2.75) is 32.5 Å². The Balaban J connectivity index is 1.84. The number of hydrogen-bond donors (Lipinski definition) is 1. The molecule has 0 saturated heterocycles.